The van der Waals surface area contributed by atoms with Crippen molar-refractivity contribution in [1.82, 2.24) is 9.97 Å². The van der Waals surface area contributed by atoms with Crippen molar-refractivity contribution in [2.45, 2.75) is 26.3 Å². The van der Waals surface area contributed by atoms with E-state index in [4.69, 9.17) is 0 Å². The maximum Gasteiger partial charge on any atom is 0.307 e. The van der Waals surface area contributed by atoms with Gasteiger partial charge in [0.05, 0.1) is 19.0 Å². The van der Waals surface area contributed by atoms with Crippen LogP contribution in [-0.4, -0.2) is 29.1 Å². The molecule has 5 nitrogen and oxygen atoms in total. The maximum absolute atomic E-state index is 11.2. The number of aromatic nitrogens is 2. The van der Waals surface area contributed by atoms with Gasteiger partial charge in [0.1, 0.15) is 12.1 Å². The summed E-state index contributed by atoms with van der Waals surface area (Å²) < 4.78 is 4.65. The Morgan fingerprint density at radius 2 is 2.21 bits per heavy atom. The lowest BCUT2D eigenvalue weighted by Gasteiger charge is -2.14. The molecular formula is C14H17N3O2. The largest absolute Gasteiger partial charge is 0.469 e. The number of carbonyl (C=O) groups excluding carboxylic acids is 1. The normalized spacial score (nSPS) is 12.2. The fourth-order valence-electron chi connectivity index (χ4n) is 1.90. The summed E-state index contributed by atoms with van der Waals surface area (Å²) in [6.45, 7) is 3.94. The molecule has 1 unspecified atom stereocenters. The van der Waals surface area contributed by atoms with E-state index in [0.717, 1.165) is 22.3 Å². The summed E-state index contributed by atoms with van der Waals surface area (Å²) in [5, 5.41) is 4.18. The van der Waals surface area contributed by atoms with Crippen molar-refractivity contribution in [2.24, 2.45) is 0 Å². The number of ether oxygens (including phenoxy) is 1. The highest BCUT2D eigenvalue weighted by Gasteiger charge is 2.11. The van der Waals surface area contributed by atoms with Crippen LogP contribution in [0.5, 0.6) is 0 Å². The van der Waals surface area contributed by atoms with Gasteiger partial charge in [-0.25, -0.2) is 9.97 Å². The summed E-state index contributed by atoms with van der Waals surface area (Å²) in [4.78, 5) is 19.7. The Morgan fingerprint density at radius 1 is 1.42 bits per heavy atom. The number of nitrogens with one attached hydrogen (secondary N) is 1. The Kier molecular flexibility index (Phi) is 3.94. The molecule has 5 heteroatoms. The third-order valence-corrected chi connectivity index (χ3v) is 2.87. The number of hydrogen-bond donors (Lipinski definition) is 1. The van der Waals surface area contributed by atoms with Gasteiger partial charge >= 0.3 is 5.97 Å². The molecule has 0 aliphatic heterocycles. The molecule has 1 aromatic carbocycles. The molecule has 0 aliphatic carbocycles. The first-order chi connectivity index (χ1) is 9.10. The number of esters is 1. The zero-order chi connectivity index (χ0) is 13.8. The van der Waals surface area contributed by atoms with E-state index in [2.05, 4.69) is 20.0 Å². The number of carbonyl (C=O) groups is 1. The predicted octanol–water partition coefficient (Wildman–Crippen LogP) is 2.30. The smallest absolute Gasteiger partial charge is 0.307 e. The number of aryl methyl sites for hydroxylation is 1. The summed E-state index contributed by atoms with van der Waals surface area (Å²) in [6, 6.07) is 5.95. The predicted molar refractivity (Wildman–Crippen MR) is 74.0 cm³/mol. The van der Waals surface area contributed by atoms with Crippen LogP contribution >= 0.6 is 0 Å². The maximum atomic E-state index is 11.2. The van der Waals surface area contributed by atoms with Crippen LogP contribution in [0.25, 0.3) is 10.9 Å². The first-order valence-corrected chi connectivity index (χ1v) is 6.15. The molecule has 0 bridgehead atoms. The number of nitrogens with zero attached hydrogens (tertiary/aromatic N) is 2. The highest BCUT2D eigenvalue weighted by molar-refractivity contribution is 5.89. The van der Waals surface area contributed by atoms with Crippen molar-refractivity contribution in [2.75, 3.05) is 12.4 Å². The minimum atomic E-state index is -0.241. The Balaban J connectivity index is 2.25. The summed E-state index contributed by atoms with van der Waals surface area (Å²) in [5.41, 5.74) is 2.03. The summed E-state index contributed by atoms with van der Waals surface area (Å²) in [7, 11) is 1.39. The molecule has 100 valence electrons. The molecule has 0 spiro atoms. The quantitative estimate of drug-likeness (QED) is 0.853. The summed E-state index contributed by atoms with van der Waals surface area (Å²) in [6.07, 6.45) is 1.82. The molecule has 19 heavy (non-hydrogen) atoms. The van der Waals surface area contributed by atoms with Crippen molar-refractivity contribution < 1.29 is 9.53 Å². The van der Waals surface area contributed by atoms with Crippen LogP contribution in [0.15, 0.2) is 24.5 Å². The van der Waals surface area contributed by atoms with E-state index < -0.39 is 0 Å². The number of hydrogen-bond acceptors (Lipinski definition) is 5. The van der Waals surface area contributed by atoms with Gasteiger partial charge in [0.25, 0.3) is 0 Å². The number of rotatable bonds is 4. The van der Waals surface area contributed by atoms with Crippen molar-refractivity contribution >= 4 is 22.7 Å². The van der Waals surface area contributed by atoms with Gasteiger partial charge in [0, 0.05) is 11.4 Å². The van der Waals surface area contributed by atoms with Crippen molar-refractivity contribution in [3.63, 3.8) is 0 Å². The van der Waals surface area contributed by atoms with Crippen LogP contribution in [0.2, 0.25) is 0 Å². The second-order valence-corrected chi connectivity index (χ2v) is 4.57. The van der Waals surface area contributed by atoms with Crippen LogP contribution in [0.4, 0.5) is 5.82 Å². The topological polar surface area (TPSA) is 64.1 Å². The van der Waals surface area contributed by atoms with E-state index in [-0.39, 0.29) is 12.0 Å². The third kappa shape index (κ3) is 3.19. The number of fused-ring (bicyclic) bond motifs is 1. The van der Waals surface area contributed by atoms with E-state index in [1.165, 1.54) is 13.4 Å². The van der Waals surface area contributed by atoms with Gasteiger partial charge in [-0.05, 0) is 26.0 Å². The highest BCUT2D eigenvalue weighted by atomic mass is 16.5. The van der Waals surface area contributed by atoms with Crippen molar-refractivity contribution in [3.8, 4) is 0 Å². The Labute approximate surface area is 112 Å². The van der Waals surface area contributed by atoms with Gasteiger partial charge in [0.15, 0.2) is 0 Å². The van der Waals surface area contributed by atoms with E-state index >= 15 is 0 Å². The fourth-order valence-corrected chi connectivity index (χ4v) is 1.90. The van der Waals surface area contributed by atoms with Gasteiger partial charge < -0.3 is 10.1 Å². The number of anilines is 1. The lowest BCUT2D eigenvalue weighted by molar-refractivity contribution is -0.140. The van der Waals surface area contributed by atoms with Crippen molar-refractivity contribution in [1.29, 1.82) is 0 Å². The summed E-state index contributed by atoms with van der Waals surface area (Å²) in [5.74, 6) is 0.500. The second kappa shape index (κ2) is 5.65. The molecule has 2 aromatic rings. The van der Waals surface area contributed by atoms with E-state index in [1.807, 2.05) is 32.0 Å². The molecule has 0 fully saturated rings. The van der Waals surface area contributed by atoms with Crippen LogP contribution < -0.4 is 5.32 Å². The first kappa shape index (κ1) is 13.3. The van der Waals surface area contributed by atoms with Gasteiger partial charge in [0.2, 0.25) is 0 Å². The zero-order valence-corrected chi connectivity index (χ0v) is 11.3. The number of benzene rings is 1. The second-order valence-electron chi connectivity index (χ2n) is 4.57. The molecule has 1 aromatic heterocycles. The molecule has 2 rings (SSSR count). The third-order valence-electron chi connectivity index (χ3n) is 2.87. The van der Waals surface area contributed by atoms with Gasteiger partial charge in [-0.15, -0.1) is 0 Å². The SMILES string of the molecule is COC(=O)CC(C)Nc1ncnc2ccc(C)cc12. The average molecular weight is 259 g/mol. The Bertz CT molecular complexity index is 598. The minimum Gasteiger partial charge on any atom is -0.469 e. The lowest BCUT2D eigenvalue weighted by atomic mass is 10.1. The molecule has 0 aliphatic rings. The fraction of sp³-hybridized carbons (Fsp3) is 0.357. The van der Waals surface area contributed by atoms with Gasteiger partial charge in [-0.3, -0.25) is 4.79 Å². The van der Waals surface area contributed by atoms with Crippen LogP contribution in [0.3, 0.4) is 0 Å². The van der Waals surface area contributed by atoms with E-state index in [0.29, 0.717) is 6.42 Å². The summed E-state index contributed by atoms with van der Waals surface area (Å²) >= 11 is 0. The van der Waals surface area contributed by atoms with Gasteiger partial charge in [-0.2, -0.15) is 0 Å². The average Bonchev–Trinajstić information content (AvgIpc) is 2.39. The first-order valence-electron chi connectivity index (χ1n) is 6.15. The monoisotopic (exact) mass is 259 g/mol. The van der Waals surface area contributed by atoms with Crippen molar-refractivity contribution in [3.05, 3.63) is 30.1 Å². The molecule has 0 amide bonds. The molecule has 1 N–H and O–H groups in total. The Hall–Kier alpha value is -2.17. The van der Waals surface area contributed by atoms with Crippen LogP contribution in [0, 0.1) is 6.92 Å². The van der Waals surface area contributed by atoms with E-state index in [9.17, 15) is 4.79 Å². The van der Waals surface area contributed by atoms with E-state index in [1.54, 1.807) is 0 Å². The molecular weight excluding hydrogens is 242 g/mol. The highest BCUT2D eigenvalue weighted by Crippen LogP contribution is 2.21. The molecule has 0 saturated heterocycles. The zero-order valence-electron chi connectivity index (χ0n) is 11.3. The minimum absolute atomic E-state index is 0.0499. The molecule has 1 heterocycles. The lowest BCUT2D eigenvalue weighted by Crippen LogP contribution is -2.21. The van der Waals surface area contributed by atoms with Crippen LogP contribution in [-0.2, 0) is 9.53 Å². The molecule has 1 atom stereocenters. The van der Waals surface area contributed by atoms with Crippen LogP contribution in [0.1, 0.15) is 18.9 Å². The standard InChI is InChI=1S/C14H17N3O2/c1-9-4-5-12-11(6-9)14(16-8-15-12)17-10(2)7-13(18)19-3/h4-6,8,10H,7H2,1-3H3,(H,15,16,17). The van der Waals surface area contributed by atoms with Gasteiger partial charge in [-0.1, -0.05) is 11.6 Å². The molecule has 0 radical (unpaired) electrons. The Morgan fingerprint density at radius 3 is 2.95 bits per heavy atom. The number of methoxy groups -OCH3 is 1. The molecule has 0 saturated carbocycles.